The van der Waals surface area contributed by atoms with Gasteiger partial charge in [0.1, 0.15) is 11.4 Å². The molecule has 1 amide bonds. The molecule has 2 rings (SSSR count). The first-order valence-electron chi connectivity index (χ1n) is 7.82. The van der Waals surface area contributed by atoms with Gasteiger partial charge in [-0.25, -0.2) is 8.42 Å². The molecule has 0 aromatic heterocycles. The van der Waals surface area contributed by atoms with Gasteiger partial charge in [-0.2, -0.15) is 0 Å². The standard InChI is InChI=1S/C17H19N3O6S/c1-26-13-5-3-12(4-6-13)10-19-17(21)11-18-15-8-7-14(27(2,24)25)9-16(15)20(22)23/h3-9,18H,10-11H2,1-2H3,(H,19,21). The molecule has 27 heavy (non-hydrogen) atoms. The van der Waals surface area contributed by atoms with E-state index < -0.39 is 20.4 Å². The molecule has 0 atom stereocenters. The Bertz CT molecular complexity index is 942. The van der Waals surface area contributed by atoms with E-state index in [1.54, 1.807) is 31.4 Å². The first-order chi connectivity index (χ1) is 12.7. The summed E-state index contributed by atoms with van der Waals surface area (Å²) in [5.41, 5.74) is 0.514. The number of ether oxygens (including phenoxy) is 1. The predicted molar refractivity (Wildman–Crippen MR) is 99.5 cm³/mol. The third-order valence-electron chi connectivity index (χ3n) is 3.68. The molecule has 10 heteroatoms. The van der Waals surface area contributed by atoms with Crippen LogP contribution < -0.4 is 15.4 Å². The van der Waals surface area contributed by atoms with Crippen LogP contribution in [0, 0.1) is 10.1 Å². The van der Waals surface area contributed by atoms with E-state index in [-0.39, 0.29) is 23.0 Å². The fourth-order valence-corrected chi connectivity index (χ4v) is 2.87. The van der Waals surface area contributed by atoms with E-state index >= 15 is 0 Å². The zero-order valence-electron chi connectivity index (χ0n) is 14.8. The van der Waals surface area contributed by atoms with Crippen molar-refractivity contribution in [3.8, 4) is 5.75 Å². The number of sulfone groups is 1. The number of benzene rings is 2. The molecule has 2 aromatic rings. The van der Waals surface area contributed by atoms with Crippen molar-refractivity contribution in [3.63, 3.8) is 0 Å². The molecule has 0 aliphatic heterocycles. The number of hydrogen-bond donors (Lipinski definition) is 2. The smallest absolute Gasteiger partial charge is 0.293 e. The number of amides is 1. The van der Waals surface area contributed by atoms with Crippen LogP contribution in [0.25, 0.3) is 0 Å². The minimum atomic E-state index is -3.57. The van der Waals surface area contributed by atoms with Crippen LogP contribution in [-0.4, -0.2) is 39.2 Å². The lowest BCUT2D eigenvalue weighted by Gasteiger charge is -2.09. The molecule has 0 aliphatic rings. The first-order valence-corrected chi connectivity index (χ1v) is 9.72. The highest BCUT2D eigenvalue weighted by atomic mass is 32.2. The topological polar surface area (TPSA) is 128 Å². The zero-order valence-corrected chi connectivity index (χ0v) is 15.6. The summed E-state index contributed by atoms with van der Waals surface area (Å²) in [6.07, 6.45) is 0.964. The van der Waals surface area contributed by atoms with Gasteiger partial charge < -0.3 is 15.4 Å². The Morgan fingerprint density at radius 3 is 2.41 bits per heavy atom. The van der Waals surface area contributed by atoms with E-state index in [0.717, 1.165) is 17.9 Å². The normalized spacial score (nSPS) is 10.9. The van der Waals surface area contributed by atoms with Crippen molar-refractivity contribution < 1.29 is 22.9 Å². The molecule has 0 fully saturated rings. The number of nitro benzene ring substituents is 1. The van der Waals surface area contributed by atoms with Crippen molar-refractivity contribution in [2.24, 2.45) is 0 Å². The largest absolute Gasteiger partial charge is 0.497 e. The van der Waals surface area contributed by atoms with Crippen molar-refractivity contribution in [1.29, 1.82) is 0 Å². The van der Waals surface area contributed by atoms with Gasteiger partial charge in [0.25, 0.3) is 5.69 Å². The molecule has 144 valence electrons. The number of hydrogen-bond acceptors (Lipinski definition) is 7. The highest BCUT2D eigenvalue weighted by molar-refractivity contribution is 7.90. The maximum atomic E-state index is 12.0. The van der Waals surface area contributed by atoms with Crippen molar-refractivity contribution >= 4 is 27.1 Å². The molecule has 0 spiro atoms. The summed E-state index contributed by atoms with van der Waals surface area (Å²) in [5, 5.41) is 16.5. The van der Waals surface area contributed by atoms with E-state index in [0.29, 0.717) is 12.3 Å². The summed E-state index contributed by atoms with van der Waals surface area (Å²) >= 11 is 0. The van der Waals surface area contributed by atoms with E-state index in [4.69, 9.17) is 4.74 Å². The lowest BCUT2D eigenvalue weighted by molar-refractivity contribution is -0.384. The second kappa shape index (κ2) is 8.49. The fraction of sp³-hybridized carbons (Fsp3) is 0.235. The van der Waals surface area contributed by atoms with Crippen molar-refractivity contribution in [2.75, 3.05) is 25.2 Å². The lowest BCUT2D eigenvalue weighted by Crippen LogP contribution is -2.29. The van der Waals surface area contributed by atoms with Gasteiger partial charge in [-0.15, -0.1) is 0 Å². The van der Waals surface area contributed by atoms with Gasteiger partial charge in [0.2, 0.25) is 5.91 Å². The number of carbonyl (C=O) groups is 1. The number of nitrogens with one attached hydrogen (secondary N) is 2. The zero-order chi connectivity index (χ0) is 20.0. The number of nitrogens with zero attached hydrogens (tertiary/aromatic N) is 1. The second-order valence-corrected chi connectivity index (χ2v) is 7.70. The van der Waals surface area contributed by atoms with Gasteiger partial charge in [0.05, 0.1) is 23.5 Å². The second-order valence-electron chi connectivity index (χ2n) is 5.69. The van der Waals surface area contributed by atoms with E-state index in [1.807, 2.05) is 0 Å². The molecule has 0 radical (unpaired) electrons. The van der Waals surface area contributed by atoms with Crippen molar-refractivity contribution in [2.45, 2.75) is 11.4 Å². The van der Waals surface area contributed by atoms with Crippen LogP contribution in [-0.2, 0) is 21.2 Å². The summed E-state index contributed by atoms with van der Waals surface area (Å²) in [7, 11) is -2.01. The van der Waals surface area contributed by atoms with E-state index in [9.17, 15) is 23.3 Å². The maximum Gasteiger partial charge on any atom is 0.293 e. The average molecular weight is 393 g/mol. The number of methoxy groups -OCH3 is 1. The number of rotatable bonds is 8. The molecule has 0 bridgehead atoms. The Hall–Kier alpha value is -3.14. The molecule has 0 saturated heterocycles. The van der Waals surface area contributed by atoms with Gasteiger partial charge in [0.15, 0.2) is 9.84 Å². The lowest BCUT2D eigenvalue weighted by atomic mass is 10.2. The van der Waals surface area contributed by atoms with E-state index in [2.05, 4.69) is 10.6 Å². The minimum absolute atomic E-state index is 0.0620. The predicted octanol–water partition coefficient (Wildman–Crippen LogP) is 1.74. The summed E-state index contributed by atoms with van der Waals surface area (Å²) in [6.45, 7) is 0.0921. The van der Waals surface area contributed by atoms with Crippen LogP contribution in [0.3, 0.4) is 0 Å². The molecule has 2 aromatic carbocycles. The third kappa shape index (κ3) is 5.68. The van der Waals surface area contributed by atoms with Crippen LogP contribution in [0.5, 0.6) is 5.75 Å². The highest BCUT2D eigenvalue weighted by Crippen LogP contribution is 2.27. The van der Waals surface area contributed by atoms with Crippen LogP contribution >= 0.6 is 0 Å². The average Bonchev–Trinajstić information content (AvgIpc) is 2.64. The highest BCUT2D eigenvalue weighted by Gasteiger charge is 2.19. The number of anilines is 1. The summed E-state index contributed by atoms with van der Waals surface area (Å²) in [5.74, 6) is 0.337. The Morgan fingerprint density at radius 2 is 1.85 bits per heavy atom. The van der Waals surface area contributed by atoms with Crippen molar-refractivity contribution in [1.82, 2.24) is 5.32 Å². The fourth-order valence-electron chi connectivity index (χ4n) is 2.22. The minimum Gasteiger partial charge on any atom is -0.497 e. The molecule has 0 heterocycles. The Balaban J connectivity index is 1.98. The monoisotopic (exact) mass is 393 g/mol. The summed E-state index contributed by atoms with van der Waals surface area (Å²) < 4.78 is 28.1. The number of nitro groups is 1. The van der Waals surface area contributed by atoms with Crippen LogP contribution in [0.1, 0.15) is 5.56 Å². The van der Waals surface area contributed by atoms with E-state index in [1.165, 1.54) is 12.1 Å². The van der Waals surface area contributed by atoms with Gasteiger partial charge in [-0.1, -0.05) is 12.1 Å². The van der Waals surface area contributed by atoms with Crippen LogP contribution in [0.15, 0.2) is 47.4 Å². The Kier molecular flexibility index (Phi) is 6.35. The van der Waals surface area contributed by atoms with Gasteiger partial charge >= 0.3 is 0 Å². The van der Waals surface area contributed by atoms with Gasteiger partial charge in [-0.05, 0) is 29.8 Å². The van der Waals surface area contributed by atoms with Crippen molar-refractivity contribution in [3.05, 3.63) is 58.1 Å². The summed E-state index contributed by atoms with van der Waals surface area (Å²) in [6, 6.07) is 10.6. The first kappa shape index (κ1) is 20.2. The molecular weight excluding hydrogens is 374 g/mol. The van der Waals surface area contributed by atoms with Gasteiger partial charge in [0, 0.05) is 18.9 Å². The van der Waals surface area contributed by atoms with Crippen LogP contribution in [0.2, 0.25) is 0 Å². The molecule has 0 unspecified atom stereocenters. The molecule has 9 nitrogen and oxygen atoms in total. The number of carbonyl (C=O) groups excluding carboxylic acids is 1. The Labute approximate surface area is 156 Å². The third-order valence-corrected chi connectivity index (χ3v) is 4.79. The SMILES string of the molecule is COc1ccc(CNC(=O)CNc2ccc(S(C)(=O)=O)cc2[N+](=O)[O-])cc1. The molecular formula is C17H19N3O6S. The summed E-state index contributed by atoms with van der Waals surface area (Å²) in [4.78, 5) is 22.3. The molecule has 0 aliphatic carbocycles. The van der Waals surface area contributed by atoms with Gasteiger partial charge in [-0.3, -0.25) is 14.9 Å². The molecule has 0 saturated carbocycles. The van der Waals surface area contributed by atoms with Crippen LogP contribution in [0.4, 0.5) is 11.4 Å². The maximum absolute atomic E-state index is 12.0. The molecule has 2 N–H and O–H groups in total. The quantitative estimate of drug-likeness (QED) is 0.516. The Morgan fingerprint density at radius 1 is 1.19 bits per heavy atom.